The lowest BCUT2D eigenvalue weighted by Crippen LogP contribution is -2.13. The number of carbonyl (C=O) groups excluding carboxylic acids is 1. The maximum Gasteiger partial charge on any atom is 0.250 e. The highest BCUT2D eigenvalue weighted by molar-refractivity contribution is 5.98. The second kappa shape index (κ2) is 5.28. The molecule has 2 aromatic carbocycles. The largest absolute Gasteiger partial charge is 0.457 e. The average Bonchev–Trinajstić information content (AvgIpc) is 2.41. The van der Waals surface area contributed by atoms with Crippen LogP contribution in [-0.4, -0.2) is 5.91 Å². The molecule has 0 saturated heterocycles. The first-order valence-corrected chi connectivity index (χ1v) is 5.58. The predicted octanol–water partition coefficient (Wildman–Crippen LogP) is 2.17. The molecular formula is C14H10FN3O2. The number of primary amides is 1. The number of rotatable bonds is 3. The first kappa shape index (κ1) is 13.4. The summed E-state index contributed by atoms with van der Waals surface area (Å²) >= 11 is 0. The van der Waals surface area contributed by atoms with Crippen molar-refractivity contribution in [2.45, 2.75) is 0 Å². The number of benzene rings is 2. The predicted molar refractivity (Wildman–Crippen MR) is 70.6 cm³/mol. The maximum atomic E-state index is 13.4. The van der Waals surface area contributed by atoms with Crippen molar-refractivity contribution in [2.75, 3.05) is 5.73 Å². The summed E-state index contributed by atoms with van der Waals surface area (Å²) in [5.41, 5.74) is 11.0. The van der Waals surface area contributed by atoms with Gasteiger partial charge in [0, 0.05) is 11.8 Å². The molecule has 4 N–H and O–H groups in total. The van der Waals surface area contributed by atoms with E-state index in [-0.39, 0.29) is 28.3 Å². The van der Waals surface area contributed by atoms with Crippen LogP contribution in [0.1, 0.15) is 15.9 Å². The summed E-state index contributed by atoms with van der Waals surface area (Å²) in [6.07, 6.45) is 0. The Morgan fingerprint density at radius 2 is 1.85 bits per heavy atom. The molecule has 0 heterocycles. The van der Waals surface area contributed by atoms with E-state index in [1.165, 1.54) is 30.3 Å². The minimum absolute atomic E-state index is 0.0764. The highest BCUT2D eigenvalue weighted by Crippen LogP contribution is 2.26. The number of anilines is 1. The molecule has 5 nitrogen and oxygen atoms in total. The van der Waals surface area contributed by atoms with Crippen molar-refractivity contribution in [2.24, 2.45) is 5.73 Å². The number of ether oxygens (including phenoxy) is 1. The molecule has 0 aliphatic heterocycles. The second-order valence-corrected chi connectivity index (χ2v) is 3.97. The van der Waals surface area contributed by atoms with Crippen LogP contribution < -0.4 is 16.2 Å². The molecule has 0 spiro atoms. The standard InChI is InChI=1S/C14H10FN3O2/c15-12-6-10(2-1-8(12)7-16)20-9-3-4-13(17)11(5-9)14(18)19/h1-6H,17H2,(H2,18,19). The molecule has 0 atom stereocenters. The third-order valence-electron chi connectivity index (χ3n) is 2.59. The first-order valence-electron chi connectivity index (χ1n) is 5.58. The van der Waals surface area contributed by atoms with E-state index in [1.54, 1.807) is 6.07 Å². The van der Waals surface area contributed by atoms with Crippen LogP contribution in [0.25, 0.3) is 0 Å². The molecule has 0 aliphatic carbocycles. The summed E-state index contributed by atoms with van der Waals surface area (Å²) in [6.45, 7) is 0. The fourth-order valence-corrected chi connectivity index (χ4v) is 1.60. The van der Waals surface area contributed by atoms with Crippen LogP contribution in [0.15, 0.2) is 36.4 Å². The van der Waals surface area contributed by atoms with E-state index in [9.17, 15) is 9.18 Å². The summed E-state index contributed by atoms with van der Waals surface area (Å²) in [5.74, 6) is -0.881. The Kier molecular flexibility index (Phi) is 3.53. The van der Waals surface area contributed by atoms with Gasteiger partial charge in [-0.3, -0.25) is 4.79 Å². The number of hydrogen-bond donors (Lipinski definition) is 2. The Morgan fingerprint density at radius 1 is 1.20 bits per heavy atom. The zero-order valence-corrected chi connectivity index (χ0v) is 10.3. The summed E-state index contributed by atoms with van der Waals surface area (Å²) in [5, 5.41) is 8.63. The number of nitrogens with zero attached hydrogens (tertiary/aromatic N) is 1. The van der Waals surface area contributed by atoms with Gasteiger partial charge in [-0.05, 0) is 30.3 Å². The van der Waals surface area contributed by atoms with Gasteiger partial charge >= 0.3 is 0 Å². The summed E-state index contributed by atoms with van der Waals surface area (Å²) in [4.78, 5) is 11.2. The SMILES string of the molecule is N#Cc1ccc(Oc2ccc(N)c(C(N)=O)c2)cc1F. The summed E-state index contributed by atoms with van der Waals surface area (Å²) in [6, 6.07) is 9.90. The summed E-state index contributed by atoms with van der Waals surface area (Å²) < 4.78 is 18.8. The van der Waals surface area contributed by atoms with Crippen LogP contribution in [0, 0.1) is 17.1 Å². The van der Waals surface area contributed by atoms with Crippen molar-refractivity contribution in [3.05, 3.63) is 53.3 Å². The zero-order valence-electron chi connectivity index (χ0n) is 10.3. The normalized spacial score (nSPS) is 9.80. The number of halogens is 1. The van der Waals surface area contributed by atoms with Crippen molar-refractivity contribution in [3.8, 4) is 17.6 Å². The quantitative estimate of drug-likeness (QED) is 0.835. The Labute approximate surface area is 114 Å². The highest BCUT2D eigenvalue weighted by Gasteiger charge is 2.09. The Balaban J connectivity index is 2.31. The first-order chi connectivity index (χ1) is 9.51. The van der Waals surface area contributed by atoms with Crippen LogP contribution in [0.2, 0.25) is 0 Å². The van der Waals surface area contributed by atoms with E-state index in [2.05, 4.69) is 0 Å². The van der Waals surface area contributed by atoms with E-state index in [0.717, 1.165) is 6.07 Å². The van der Waals surface area contributed by atoms with Gasteiger partial charge in [-0.2, -0.15) is 5.26 Å². The molecule has 2 aromatic rings. The van der Waals surface area contributed by atoms with Gasteiger partial charge in [-0.1, -0.05) is 0 Å². The van der Waals surface area contributed by atoms with Crippen LogP contribution in [0.5, 0.6) is 11.5 Å². The lowest BCUT2D eigenvalue weighted by atomic mass is 10.1. The second-order valence-electron chi connectivity index (χ2n) is 3.97. The Hall–Kier alpha value is -3.07. The molecule has 0 saturated carbocycles. The van der Waals surface area contributed by atoms with Gasteiger partial charge in [0.2, 0.25) is 0 Å². The van der Waals surface area contributed by atoms with Crippen molar-refractivity contribution in [3.63, 3.8) is 0 Å². The lowest BCUT2D eigenvalue weighted by Gasteiger charge is -2.08. The van der Waals surface area contributed by atoms with Crippen LogP contribution >= 0.6 is 0 Å². The Bertz CT molecular complexity index is 723. The van der Waals surface area contributed by atoms with E-state index in [4.69, 9.17) is 21.5 Å². The molecule has 0 unspecified atom stereocenters. The van der Waals surface area contributed by atoms with Crippen molar-refractivity contribution < 1.29 is 13.9 Å². The van der Waals surface area contributed by atoms with E-state index in [0.29, 0.717) is 0 Å². The molecule has 0 aliphatic rings. The number of carbonyl (C=O) groups is 1. The third-order valence-corrected chi connectivity index (χ3v) is 2.59. The smallest absolute Gasteiger partial charge is 0.250 e. The molecule has 1 amide bonds. The number of hydrogen-bond acceptors (Lipinski definition) is 4. The van der Waals surface area contributed by atoms with Crippen molar-refractivity contribution in [1.82, 2.24) is 0 Å². The van der Waals surface area contributed by atoms with E-state index < -0.39 is 11.7 Å². The minimum Gasteiger partial charge on any atom is -0.457 e. The van der Waals surface area contributed by atoms with Gasteiger partial charge in [0.25, 0.3) is 5.91 Å². The Morgan fingerprint density at radius 3 is 2.45 bits per heavy atom. The van der Waals surface area contributed by atoms with Crippen molar-refractivity contribution in [1.29, 1.82) is 5.26 Å². The lowest BCUT2D eigenvalue weighted by molar-refractivity contribution is 0.100. The van der Waals surface area contributed by atoms with Gasteiger partial charge in [0.15, 0.2) is 0 Å². The molecule has 2 rings (SSSR count). The average molecular weight is 271 g/mol. The van der Waals surface area contributed by atoms with E-state index >= 15 is 0 Å². The third kappa shape index (κ3) is 2.67. The molecule has 0 radical (unpaired) electrons. The molecule has 0 fully saturated rings. The summed E-state index contributed by atoms with van der Waals surface area (Å²) in [7, 11) is 0. The zero-order chi connectivity index (χ0) is 14.7. The number of nitrogen functional groups attached to an aromatic ring is 1. The van der Waals surface area contributed by atoms with Gasteiger partial charge in [-0.15, -0.1) is 0 Å². The fraction of sp³-hybridized carbons (Fsp3) is 0. The topological polar surface area (TPSA) is 102 Å². The van der Waals surface area contributed by atoms with Crippen LogP contribution in [-0.2, 0) is 0 Å². The van der Waals surface area contributed by atoms with Gasteiger partial charge < -0.3 is 16.2 Å². The number of nitriles is 1. The van der Waals surface area contributed by atoms with E-state index in [1.807, 2.05) is 0 Å². The molecule has 0 bridgehead atoms. The van der Waals surface area contributed by atoms with Crippen molar-refractivity contribution >= 4 is 11.6 Å². The van der Waals surface area contributed by atoms with Crippen LogP contribution in [0.3, 0.4) is 0 Å². The monoisotopic (exact) mass is 271 g/mol. The number of amides is 1. The van der Waals surface area contributed by atoms with Gasteiger partial charge in [-0.25, -0.2) is 4.39 Å². The molecular weight excluding hydrogens is 261 g/mol. The minimum atomic E-state index is -0.685. The molecule has 0 aromatic heterocycles. The highest BCUT2D eigenvalue weighted by atomic mass is 19.1. The molecule has 20 heavy (non-hydrogen) atoms. The molecule has 100 valence electrons. The number of nitrogens with two attached hydrogens (primary N) is 2. The maximum absolute atomic E-state index is 13.4. The fourth-order valence-electron chi connectivity index (χ4n) is 1.60. The van der Waals surface area contributed by atoms with Gasteiger partial charge in [0.05, 0.1) is 11.1 Å². The van der Waals surface area contributed by atoms with Gasteiger partial charge in [0.1, 0.15) is 23.4 Å². The van der Waals surface area contributed by atoms with Crippen LogP contribution in [0.4, 0.5) is 10.1 Å². The molecule has 6 heteroatoms.